The number of rotatable bonds is 4. The summed E-state index contributed by atoms with van der Waals surface area (Å²) in [6.45, 7) is 3.81. The topological polar surface area (TPSA) is 72.0 Å². The van der Waals surface area contributed by atoms with Crippen LogP contribution in [0.5, 0.6) is 0 Å². The van der Waals surface area contributed by atoms with Crippen molar-refractivity contribution in [1.82, 2.24) is 15.3 Å². The highest BCUT2D eigenvalue weighted by atomic mass is 32.1. The Balaban J connectivity index is 1.69. The highest BCUT2D eigenvalue weighted by Gasteiger charge is 2.16. The van der Waals surface area contributed by atoms with Gasteiger partial charge < -0.3 is 5.32 Å². The second kappa shape index (κ2) is 6.58. The first kappa shape index (κ1) is 15.8. The summed E-state index contributed by atoms with van der Waals surface area (Å²) < 4.78 is 0. The first-order valence-electron chi connectivity index (χ1n) is 7.79. The average Bonchev–Trinajstić information content (AvgIpc) is 3.03. The fourth-order valence-electron chi connectivity index (χ4n) is 2.82. The third-order valence-corrected chi connectivity index (χ3v) is 5.20. The van der Waals surface area contributed by atoms with Crippen molar-refractivity contribution in [2.24, 2.45) is 0 Å². The largest absolute Gasteiger partial charge is 0.344 e. The summed E-state index contributed by atoms with van der Waals surface area (Å²) in [7, 11) is 0. The van der Waals surface area contributed by atoms with Crippen LogP contribution in [0.1, 0.15) is 61.9 Å². The number of hydrogen-bond donors (Lipinski definition) is 1. The van der Waals surface area contributed by atoms with Crippen molar-refractivity contribution in [3.05, 3.63) is 44.7 Å². The maximum absolute atomic E-state index is 12.2. The molecule has 0 spiro atoms. The molecule has 2 heterocycles. The summed E-state index contributed by atoms with van der Waals surface area (Å²) in [4.78, 5) is 33.7. The molecule has 2 aromatic rings. The van der Waals surface area contributed by atoms with E-state index in [9.17, 15) is 9.59 Å². The van der Waals surface area contributed by atoms with Gasteiger partial charge in [0.2, 0.25) is 0 Å². The van der Waals surface area contributed by atoms with Crippen molar-refractivity contribution in [2.45, 2.75) is 46.1 Å². The van der Waals surface area contributed by atoms with Crippen LogP contribution < -0.4 is 5.32 Å². The van der Waals surface area contributed by atoms with Gasteiger partial charge in [0.05, 0.1) is 16.3 Å². The molecule has 0 saturated heterocycles. The highest BCUT2D eigenvalue weighted by Crippen LogP contribution is 2.22. The zero-order valence-electron chi connectivity index (χ0n) is 13.3. The molecule has 0 atom stereocenters. The summed E-state index contributed by atoms with van der Waals surface area (Å²) in [5, 5.41) is 2.84. The molecule has 0 fully saturated rings. The average molecular weight is 329 g/mol. The quantitative estimate of drug-likeness (QED) is 0.876. The molecule has 23 heavy (non-hydrogen) atoms. The summed E-state index contributed by atoms with van der Waals surface area (Å²) in [5.74, 6) is 0.434. The molecule has 0 saturated carbocycles. The maximum Gasteiger partial charge on any atom is 0.261 e. The van der Waals surface area contributed by atoms with Gasteiger partial charge in [-0.2, -0.15) is 0 Å². The van der Waals surface area contributed by atoms with Gasteiger partial charge in [0.1, 0.15) is 5.82 Å². The molecule has 1 aliphatic carbocycles. The molecule has 3 rings (SSSR count). The number of nitrogens with zero attached hydrogens (tertiary/aromatic N) is 2. The molecule has 0 aromatic carbocycles. The van der Waals surface area contributed by atoms with Crippen LogP contribution in [0.15, 0.2) is 12.1 Å². The zero-order chi connectivity index (χ0) is 16.4. The van der Waals surface area contributed by atoms with Crippen molar-refractivity contribution in [1.29, 1.82) is 0 Å². The second-order valence-electron chi connectivity index (χ2n) is 5.76. The molecule has 1 amide bonds. The van der Waals surface area contributed by atoms with Crippen LogP contribution in [0.3, 0.4) is 0 Å². The minimum absolute atomic E-state index is 0.0253. The first-order chi connectivity index (χ1) is 11.0. The molecule has 1 aliphatic rings. The van der Waals surface area contributed by atoms with Gasteiger partial charge in [0, 0.05) is 11.4 Å². The number of nitrogens with one attached hydrogen (secondary N) is 1. The molecule has 120 valence electrons. The highest BCUT2D eigenvalue weighted by molar-refractivity contribution is 7.15. The van der Waals surface area contributed by atoms with E-state index in [1.807, 2.05) is 6.92 Å². The minimum atomic E-state index is -0.193. The van der Waals surface area contributed by atoms with Crippen LogP contribution in [-0.2, 0) is 19.4 Å². The van der Waals surface area contributed by atoms with E-state index >= 15 is 0 Å². The maximum atomic E-state index is 12.2. The predicted octanol–water partition coefficient (Wildman–Crippen LogP) is 2.86. The summed E-state index contributed by atoms with van der Waals surface area (Å²) in [5.41, 5.74) is 3.42. The lowest BCUT2D eigenvalue weighted by atomic mass is 9.95. The van der Waals surface area contributed by atoms with Gasteiger partial charge in [-0.1, -0.05) is 0 Å². The molecule has 6 heteroatoms. The summed E-state index contributed by atoms with van der Waals surface area (Å²) in [6, 6.07) is 3.36. The normalized spacial score (nSPS) is 13.5. The molecule has 0 aliphatic heterocycles. The Morgan fingerprint density at radius 1 is 1.17 bits per heavy atom. The van der Waals surface area contributed by atoms with E-state index in [1.54, 1.807) is 12.1 Å². The van der Waals surface area contributed by atoms with Gasteiger partial charge in [-0.05, 0) is 57.2 Å². The van der Waals surface area contributed by atoms with Crippen LogP contribution in [0.25, 0.3) is 0 Å². The van der Waals surface area contributed by atoms with Crippen LogP contribution in [-0.4, -0.2) is 21.7 Å². The van der Waals surface area contributed by atoms with Crippen molar-refractivity contribution in [2.75, 3.05) is 0 Å². The monoisotopic (exact) mass is 329 g/mol. The molecule has 5 nitrogen and oxygen atoms in total. The van der Waals surface area contributed by atoms with Crippen molar-refractivity contribution < 1.29 is 9.59 Å². The van der Waals surface area contributed by atoms with Crippen LogP contribution in [0.4, 0.5) is 0 Å². The molecule has 1 N–H and O–H groups in total. The lowest BCUT2D eigenvalue weighted by Gasteiger charge is -2.17. The lowest BCUT2D eigenvalue weighted by molar-refractivity contribution is 0.0953. The van der Waals surface area contributed by atoms with Crippen molar-refractivity contribution in [3.63, 3.8) is 0 Å². The van der Waals surface area contributed by atoms with E-state index in [4.69, 9.17) is 0 Å². The van der Waals surface area contributed by atoms with Gasteiger partial charge in [0.15, 0.2) is 5.78 Å². The smallest absolute Gasteiger partial charge is 0.261 e. The number of carbonyl (C=O) groups is 2. The number of thiophene rings is 1. The molecule has 0 radical (unpaired) electrons. The van der Waals surface area contributed by atoms with Gasteiger partial charge in [0.25, 0.3) is 5.91 Å². The third kappa shape index (κ3) is 3.47. The van der Waals surface area contributed by atoms with Crippen molar-refractivity contribution in [3.8, 4) is 0 Å². The molecular formula is C17H19N3O2S. The van der Waals surface area contributed by atoms with E-state index in [0.29, 0.717) is 22.1 Å². The zero-order valence-corrected chi connectivity index (χ0v) is 14.1. The minimum Gasteiger partial charge on any atom is -0.344 e. The molecule has 2 aromatic heterocycles. The van der Waals surface area contributed by atoms with Gasteiger partial charge >= 0.3 is 0 Å². The van der Waals surface area contributed by atoms with E-state index < -0.39 is 0 Å². The number of ketones is 1. The van der Waals surface area contributed by atoms with Gasteiger partial charge in [-0.15, -0.1) is 11.3 Å². The Hall–Kier alpha value is -2.08. The van der Waals surface area contributed by atoms with Gasteiger partial charge in [-0.25, -0.2) is 9.97 Å². The van der Waals surface area contributed by atoms with Gasteiger partial charge in [-0.3, -0.25) is 9.59 Å². The predicted molar refractivity (Wildman–Crippen MR) is 88.9 cm³/mol. The number of aryl methyl sites for hydroxylation is 2. The Morgan fingerprint density at radius 3 is 2.65 bits per heavy atom. The number of fused-ring (bicyclic) bond motifs is 1. The lowest BCUT2D eigenvalue weighted by Crippen LogP contribution is -2.24. The number of carbonyl (C=O) groups excluding carboxylic acids is 2. The van der Waals surface area contributed by atoms with E-state index in [0.717, 1.165) is 30.7 Å². The molecule has 0 unspecified atom stereocenters. The van der Waals surface area contributed by atoms with Crippen LogP contribution >= 0.6 is 11.3 Å². The number of amides is 1. The fraction of sp³-hybridized carbons (Fsp3) is 0.412. The Bertz CT molecular complexity index is 767. The second-order valence-corrected chi connectivity index (χ2v) is 6.84. The Labute approximate surface area is 139 Å². The fourth-order valence-corrected chi connectivity index (χ4v) is 3.64. The third-order valence-electron chi connectivity index (χ3n) is 4.02. The molecule has 0 bridgehead atoms. The standard InChI is InChI=1S/C17H19N3O2S/c1-10-12-5-3-4-6-13(12)20-16(19-10)9-18-17(22)15-8-7-14(23-15)11(2)21/h7-8H,3-6,9H2,1-2H3,(H,18,22). The number of hydrogen-bond acceptors (Lipinski definition) is 5. The summed E-state index contributed by atoms with van der Waals surface area (Å²) >= 11 is 1.21. The van der Waals surface area contributed by atoms with Crippen LogP contribution in [0, 0.1) is 6.92 Å². The van der Waals surface area contributed by atoms with E-state index in [1.165, 1.54) is 30.2 Å². The van der Waals surface area contributed by atoms with Crippen molar-refractivity contribution >= 4 is 23.0 Å². The van der Waals surface area contributed by atoms with Crippen LogP contribution in [0.2, 0.25) is 0 Å². The Morgan fingerprint density at radius 2 is 1.91 bits per heavy atom. The SMILES string of the molecule is CC(=O)c1ccc(C(=O)NCc2nc(C)c3c(n2)CCCC3)s1. The van der Waals surface area contributed by atoms with E-state index in [-0.39, 0.29) is 11.7 Å². The summed E-state index contributed by atoms with van der Waals surface area (Å²) in [6.07, 6.45) is 4.41. The van der Waals surface area contributed by atoms with E-state index in [2.05, 4.69) is 15.3 Å². The Kier molecular flexibility index (Phi) is 4.52. The number of aromatic nitrogens is 2. The number of Topliss-reactive ketones (excluding diaryl/α,β-unsaturated/α-hetero) is 1. The molecular weight excluding hydrogens is 310 g/mol. The first-order valence-corrected chi connectivity index (χ1v) is 8.60.